The quantitative estimate of drug-likeness (QED) is 0.706. The first-order valence-corrected chi connectivity index (χ1v) is 9.16. The minimum Gasteiger partial charge on any atom is -0.360 e. The van der Waals surface area contributed by atoms with E-state index in [9.17, 15) is 0 Å². The van der Waals surface area contributed by atoms with Gasteiger partial charge in [-0.1, -0.05) is 43.3 Å². The molecule has 2 heterocycles. The van der Waals surface area contributed by atoms with Gasteiger partial charge in [0, 0.05) is 22.7 Å². The molecular weight excluding hydrogens is 292 g/mol. The van der Waals surface area contributed by atoms with Crippen molar-refractivity contribution in [3.8, 4) is 11.1 Å². The Hall–Kier alpha value is -2.06. The Balaban J connectivity index is 1.68. The van der Waals surface area contributed by atoms with Gasteiger partial charge in [0.2, 0.25) is 0 Å². The normalized spacial score (nSPS) is 17.7. The maximum Gasteiger partial charge on any atom is 0.0492 e. The van der Waals surface area contributed by atoms with E-state index in [4.69, 9.17) is 0 Å². The number of fused-ring (bicyclic) bond motifs is 1. The van der Waals surface area contributed by atoms with E-state index >= 15 is 0 Å². The molecule has 0 amide bonds. The summed E-state index contributed by atoms with van der Waals surface area (Å²) in [5.41, 5.74) is 8.23. The van der Waals surface area contributed by atoms with Gasteiger partial charge < -0.3 is 10.3 Å². The van der Waals surface area contributed by atoms with Crippen molar-refractivity contribution in [2.45, 2.75) is 33.1 Å². The zero-order chi connectivity index (χ0) is 16.5. The van der Waals surface area contributed by atoms with Crippen LogP contribution in [0.15, 0.2) is 42.6 Å². The summed E-state index contributed by atoms with van der Waals surface area (Å²) in [6.07, 6.45) is 5.74. The van der Waals surface area contributed by atoms with Gasteiger partial charge in [-0.25, -0.2) is 0 Å². The third kappa shape index (κ3) is 2.76. The van der Waals surface area contributed by atoms with Crippen molar-refractivity contribution < 1.29 is 0 Å². The van der Waals surface area contributed by atoms with Crippen LogP contribution in [0.3, 0.4) is 0 Å². The van der Waals surface area contributed by atoms with Crippen LogP contribution in [0, 0.1) is 12.8 Å². The highest BCUT2D eigenvalue weighted by Crippen LogP contribution is 2.32. The number of hydrogen-bond donors (Lipinski definition) is 2. The van der Waals surface area contributed by atoms with E-state index in [1.54, 1.807) is 0 Å². The Kier molecular flexibility index (Phi) is 4.15. The molecule has 0 aliphatic carbocycles. The van der Waals surface area contributed by atoms with Crippen LogP contribution in [0.2, 0.25) is 0 Å². The van der Waals surface area contributed by atoms with Crippen molar-refractivity contribution in [2.24, 2.45) is 5.92 Å². The highest BCUT2D eigenvalue weighted by atomic mass is 14.9. The predicted octanol–water partition coefficient (Wildman–Crippen LogP) is 4.86. The summed E-state index contributed by atoms with van der Waals surface area (Å²) in [6.45, 7) is 6.82. The molecule has 1 atom stereocenters. The van der Waals surface area contributed by atoms with Crippen molar-refractivity contribution >= 4 is 10.9 Å². The highest BCUT2D eigenvalue weighted by Gasteiger charge is 2.16. The summed E-state index contributed by atoms with van der Waals surface area (Å²) < 4.78 is 0. The number of rotatable bonds is 4. The topological polar surface area (TPSA) is 27.8 Å². The Morgan fingerprint density at radius 2 is 2.04 bits per heavy atom. The Morgan fingerprint density at radius 1 is 1.12 bits per heavy atom. The lowest BCUT2D eigenvalue weighted by Crippen LogP contribution is -2.11. The molecular formula is C22H26N2. The maximum absolute atomic E-state index is 3.49. The number of benzene rings is 2. The fourth-order valence-electron chi connectivity index (χ4n) is 4.04. The molecule has 1 saturated heterocycles. The average molecular weight is 318 g/mol. The van der Waals surface area contributed by atoms with Crippen LogP contribution in [-0.4, -0.2) is 18.1 Å². The number of H-pyrrole nitrogens is 1. The summed E-state index contributed by atoms with van der Waals surface area (Å²) in [6, 6.07) is 13.6. The molecule has 24 heavy (non-hydrogen) atoms. The second kappa shape index (κ2) is 6.45. The lowest BCUT2D eigenvalue weighted by molar-refractivity contribution is 0.578. The molecule has 0 spiro atoms. The molecule has 1 aliphatic heterocycles. The van der Waals surface area contributed by atoms with Crippen molar-refractivity contribution in [1.29, 1.82) is 0 Å². The smallest absolute Gasteiger partial charge is 0.0492 e. The van der Waals surface area contributed by atoms with E-state index in [1.165, 1.54) is 64.7 Å². The van der Waals surface area contributed by atoms with Crippen LogP contribution in [0.4, 0.5) is 0 Å². The minimum atomic E-state index is 0.801. The largest absolute Gasteiger partial charge is 0.360 e. The van der Waals surface area contributed by atoms with Gasteiger partial charge in [0.15, 0.2) is 0 Å². The number of para-hydroxylation sites is 1. The number of aromatic nitrogens is 1. The van der Waals surface area contributed by atoms with Gasteiger partial charge in [-0.2, -0.15) is 0 Å². The lowest BCUT2D eigenvalue weighted by atomic mass is 9.92. The van der Waals surface area contributed by atoms with Crippen molar-refractivity contribution in [1.82, 2.24) is 10.3 Å². The molecule has 4 rings (SSSR count). The lowest BCUT2D eigenvalue weighted by Gasteiger charge is -2.12. The standard InChI is InChI=1S/C22H26N2/c1-3-17-5-4-6-20-21(14-24-22(17)20)19-8-7-18(15(2)11-19)12-16-9-10-23-13-16/h4-8,11,14,16,23-24H,3,9-10,12-13H2,1-2H3. The first-order valence-electron chi connectivity index (χ1n) is 9.16. The van der Waals surface area contributed by atoms with Crippen LogP contribution in [-0.2, 0) is 12.8 Å². The highest BCUT2D eigenvalue weighted by molar-refractivity contribution is 5.97. The maximum atomic E-state index is 3.49. The van der Waals surface area contributed by atoms with E-state index in [0.29, 0.717) is 0 Å². The molecule has 0 radical (unpaired) electrons. The van der Waals surface area contributed by atoms with Crippen LogP contribution in [0.5, 0.6) is 0 Å². The third-order valence-corrected chi connectivity index (χ3v) is 5.51. The summed E-state index contributed by atoms with van der Waals surface area (Å²) >= 11 is 0. The molecule has 0 saturated carbocycles. The second-order valence-corrected chi connectivity index (χ2v) is 7.10. The summed E-state index contributed by atoms with van der Waals surface area (Å²) in [5, 5.41) is 4.81. The molecule has 0 bridgehead atoms. The molecule has 2 nitrogen and oxygen atoms in total. The van der Waals surface area contributed by atoms with Crippen molar-refractivity contribution in [3.05, 3.63) is 59.3 Å². The van der Waals surface area contributed by atoms with E-state index in [-0.39, 0.29) is 0 Å². The second-order valence-electron chi connectivity index (χ2n) is 7.10. The van der Waals surface area contributed by atoms with E-state index in [1.807, 2.05) is 0 Å². The average Bonchev–Trinajstić information content (AvgIpc) is 3.26. The number of nitrogens with one attached hydrogen (secondary N) is 2. The van der Waals surface area contributed by atoms with Gasteiger partial charge in [-0.15, -0.1) is 0 Å². The van der Waals surface area contributed by atoms with Gasteiger partial charge in [0.05, 0.1) is 0 Å². The monoisotopic (exact) mass is 318 g/mol. The molecule has 3 aromatic rings. The minimum absolute atomic E-state index is 0.801. The molecule has 2 N–H and O–H groups in total. The number of aryl methyl sites for hydroxylation is 2. The summed E-state index contributed by atoms with van der Waals surface area (Å²) in [4.78, 5) is 3.49. The van der Waals surface area contributed by atoms with Gasteiger partial charge in [-0.05, 0) is 67.4 Å². The van der Waals surface area contributed by atoms with Crippen molar-refractivity contribution in [2.75, 3.05) is 13.1 Å². The molecule has 2 heteroatoms. The molecule has 1 aliphatic rings. The van der Waals surface area contributed by atoms with Crippen LogP contribution >= 0.6 is 0 Å². The van der Waals surface area contributed by atoms with E-state index in [0.717, 1.165) is 12.3 Å². The van der Waals surface area contributed by atoms with Gasteiger partial charge in [0.1, 0.15) is 0 Å². The van der Waals surface area contributed by atoms with Gasteiger partial charge in [0.25, 0.3) is 0 Å². The first kappa shape index (κ1) is 15.5. The SMILES string of the molecule is CCc1cccc2c(-c3ccc(CC4CCNC4)c(C)c3)c[nH]c12. The molecule has 1 fully saturated rings. The molecule has 124 valence electrons. The Bertz CT molecular complexity index is 854. The Morgan fingerprint density at radius 3 is 2.79 bits per heavy atom. The third-order valence-electron chi connectivity index (χ3n) is 5.51. The zero-order valence-corrected chi connectivity index (χ0v) is 14.7. The summed E-state index contributed by atoms with van der Waals surface area (Å²) in [7, 11) is 0. The zero-order valence-electron chi connectivity index (χ0n) is 14.7. The van der Waals surface area contributed by atoms with Crippen LogP contribution in [0.1, 0.15) is 30.0 Å². The molecule has 1 unspecified atom stereocenters. The summed E-state index contributed by atoms with van der Waals surface area (Å²) in [5.74, 6) is 0.801. The van der Waals surface area contributed by atoms with E-state index in [2.05, 4.69) is 66.7 Å². The molecule has 2 aromatic carbocycles. The van der Waals surface area contributed by atoms with Gasteiger partial charge >= 0.3 is 0 Å². The van der Waals surface area contributed by atoms with Gasteiger partial charge in [-0.3, -0.25) is 0 Å². The van der Waals surface area contributed by atoms with Crippen LogP contribution in [0.25, 0.3) is 22.0 Å². The first-order chi connectivity index (χ1) is 11.8. The number of hydrogen-bond acceptors (Lipinski definition) is 1. The van der Waals surface area contributed by atoms with Crippen LogP contribution < -0.4 is 5.32 Å². The fraction of sp³-hybridized carbons (Fsp3) is 0.364. The molecule has 1 aromatic heterocycles. The Labute approximate surface area is 144 Å². The number of aromatic amines is 1. The van der Waals surface area contributed by atoms with E-state index < -0.39 is 0 Å². The van der Waals surface area contributed by atoms with Crippen molar-refractivity contribution in [3.63, 3.8) is 0 Å². The predicted molar refractivity (Wildman–Crippen MR) is 103 cm³/mol. The fourth-order valence-corrected chi connectivity index (χ4v) is 4.04.